The van der Waals surface area contributed by atoms with Crippen molar-refractivity contribution in [3.63, 3.8) is 0 Å². The maximum atomic E-state index is 3.87. The normalized spacial score (nSPS) is 10.2. The highest BCUT2D eigenvalue weighted by molar-refractivity contribution is 5.67. The molecule has 0 aromatic heterocycles. The molecule has 0 saturated carbocycles. The smallest absolute Gasteiger partial charge is 0.00998 e. The van der Waals surface area contributed by atoms with E-state index >= 15 is 0 Å². The molecule has 2 aromatic rings. The van der Waals surface area contributed by atoms with E-state index in [1.165, 1.54) is 33.4 Å². The van der Waals surface area contributed by atoms with E-state index in [0.717, 1.165) is 25.7 Å². The molecule has 0 radical (unpaired) electrons. The van der Waals surface area contributed by atoms with Gasteiger partial charge in [-0.25, -0.2) is 0 Å². The molecule has 2 rings (SSSR count). The average Bonchev–Trinajstić information content (AvgIpc) is 2.56. The third kappa shape index (κ3) is 4.70. The van der Waals surface area contributed by atoms with Crippen LogP contribution in [0.2, 0.25) is 0 Å². The van der Waals surface area contributed by atoms with Crippen molar-refractivity contribution in [2.75, 3.05) is 0 Å². The summed E-state index contributed by atoms with van der Waals surface area (Å²) >= 11 is 0. The first-order chi connectivity index (χ1) is 11.7. The van der Waals surface area contributed by atoms with Crippen molar-refractivity contribution < 1.29 is 0 Å². The first-order valence-corrected chi connectivity index (χ1v) is 8.39. The van der Waals surface area contributed by atoms with Gasteiger partial charge in [0, 0.05) is 0 Å². The number of hydrogen-bond donors (Lipinski definition) is 0. The fraction of sp³-hybridized carbons (Fsp3) is 0.167. The van der Waals surface area contributed by atoms with Crippen molar-refractivity contribution in [1.82, 2.24) is 0 Å². The Morgan fingerprint density at radius 2 is 0.708 bits per heavy atom. The Morgan fingerprint density at radius 1 is 0.458 bits per heavy atom. The van der Waals surface area contributed by atoms with Gasteiger partial charge in [0.2, 0.25) is 0 Å². The Hall–Kier alpha value is -2.60. The lowest BCUT2D eigenvalue weighted by molar-refractivity contribution is 1.19. The van der Waals surface area contributed by atoms with E-state index in [1.807, 2.05) is 24.3 Å². The fourth-order valence-electron chi connectivity index (χ4n) is 3.00. The third-order valence-corrected chi connectivity index (χ3v) is 3.96. The van der Waals surface area contributed by atoms with Gasteiger partial charge >= 0.3 is 0 Å². The molecule has 0 aliphatic rings. The number of rotatable bonds is 9. The standard InChI is InChI=1S/C24H26/c1-5-9-19-13-20(10-6-2)16-23(15-19)24-17-21(11-7-3)14-22(18-24)12-8-4/h5-8,13-18H,1-4,9-12H2. The monoisotopic (exact) mass is 314 g/mol. The molecule has 0 unspecified atom stereocenters. The van der Waals surface area contributed by atoms with Crippen molar-refractivity contribution in [1.29, 1.82) is 0 Å². The molecule has 0 aliphatic carbocycles. The SMILES string of the molecule is C=CCc1cc(CC=C)cc(-c2cc(CC=C)cc(CC=C)c2)c1. The average molecular weight is 314 g/mol. The van der Waals surface area contributed by atoms with Gasteiger partial charge in [-0.3, -0.25) is 0 Å². The zero-order chi connectivity index (χ0) is 17.4. The Labute approximate surface area is 146 Å². The van der Waals surface area contributed by atoms with Gasteiger partial charge < -0.3 is 0 Å². The predicted octanol–water partition coefficient (Wildman–Crippen LogP) is 6.27. The molecule has 0 amide bonds. The van der Waals surface area contributed by atoms with Crippen LogP contribution >= 0.6 is 0 Å². The highest BCUT2D eigenvalue weighted by Crippen LogP contribution is 2.26. The Balaban J connectivity index is 2.55. The molecule has 0 N–H and O–H groups in total. The molecule has 0 fully saturated rings. The molecule has 0 heteroatoms. The van der Waals surface area contributed by atoms with Crippen LogP contribution in [0.15, 0.2) is 87.0 Å². The second-order valence-electron chi connectivity index (χ2n) is 6.05. The van der Waals surface area contributed by atoms with Crippen LogP contribution in [-0.2, 0) is 25.7 Å². The lowest BCUT2D eigenvalue weighted by atomic mass is 9.93. The summed E-state index contributed by atoms with van der Waals surface area (Å²) in [5.74, 6) is 0. The van der Waals surface area contributed by atoms with Gasteiger partial charge in [0.15, 0.2) is 0 Å². The summed E-state index contributed by atoms with van der Waals surface area (Å²) in [6.07, 6.45) is 11.3. The second kappa shape index (κ2) is 8.88. The van der Waals surface area contributed by atoms with Crippen LogP contribution in [0, 0.1) is 0 Å². The zero-order valence-corrected chi connectivity index (χ0v) is 14.4. The lowest BCUT2D eigenvalue weighted by Gasteiger charge is -2.12. The molecule has 122 valence electrons. The van der Waals surface area contributed by atoms with E-state index in [-0.39, 0.29) is 0 Å². The molecule has 0 saturated heterocycles. The Morgan fingerprint density at radius 3 is 0.917 bits per heavy atom. The molecule has 0 atom stereocenters. The quantitative estimate of drug-likeness (QED) is 0.479. The first kappa shape index (κ1) is 17.7. The van der Waals surface area contributed by atoms with Gasteiger partial charge in [-0.2, -0.15) is 0 Å². The van der Waals surface area contributed by atoms with Gasteiger partial charge in [-0.15, -0.1) is 26.3 Å². The predicted molar refractivity (Wildman–Crippen MR) is 107 cm³/mol. The fourth-order valence-corrected chi connectivity index (χ4v) is 3.00. The summed E-state index contributed by atoms with van der Waals surface area (Å²) in [4.78, 5) is 0. The highest BCUT2D eigenvalue weighted by Gasteiger charge is 2.06. The highest BCUT2D eigenvalue weighted by atomic mass is 14.1. The van der Waals surface area contributed by atoms with E-state index < -0.39 is 0 Å². The zero-order valence-electron chi connectivity index (χ0n) is 14.4. The van der Waals surface area contributed by atoms with Gasteiger partial charge in [0.05, 0.1) is 0 Å². The van der Waals surface area contributed by atoms with Crippen molar-refractivity contribution >= 4 is 0 Å². The summed E-state index contributed by atoms with van der Waals surface area (Å²) in [6, 6.07) is 13.5. The lowest BCUT2D eigenvalue weighted by Crippen LogP contribution is -1.93. The van der Waals surface area contributed by atoms with Crippen LogP contribution in [0.4, 0.5) is 0 Å². The van der Waals surface area contributed by atoms with Crippen LogP contribution in [0.3, 0.4) is 0 Å². The van der Waals surface area contributed by atoms with Crippen molar-refractivity contribution in [2.45, 2.75) is 25.7 Å². The van der Waals surface area contributed by atoms with E-state index in [0.29, 0.717) is 0 Å². The summed E-state index contributed by atoms with van der Waals surface area (Å²) < 4.78 is 0. The van der Waals surface area contributed by atoms with E-state index in [2.05, 4.69) is 62.7 Å². The summed E-state index contributed by atoms with van der Waals surface area (Å²) in [6.45, 7) is 15.5. The van der Waals surface area contributed by atoms with E-state index in [9.17, 15) is 0 Å². The van der Waals surface area contributed by atoms with Crippen LogP contribution in [0.5, 0.6) is 0 Å². The molecular formula is C24H26. The molecule has 24 heavy (non-hydrogen) atoms. The molecule has 0 nitrogen and oxygen atoms in total. The molecule has 0 aliphatic heterocycles. The maximum Gasteiger partial charge on any atom is -0.00998 e. The minimum absolute atomic E-state index is 0.879. The van der Waals surface area contributed by atoms with Gasteiger partial charge in [-0.1, -0.05) is 60.7 Å². The van der Waals surface area contributed by atoms with Crippen molar-refractivity contribution in [3.8, 4) is 11.1 Å². The third-order valence-electron chi connectivity index (χ3n) is 3.96. The minimum Gasteiger partial charge on any atom is -0.103 e. The largest absolute Gasteiger partial charge is 0.103 e. The minimum atomic E-state index is 0.879. The van der Waals surface area contributed by atoms with Crippen LogP contribution < -0.4 is 0 Å². The van der Waals surface area contributed by atoms with Crippen LogP contribution in [-0.4, -0.2) is 0 Å². The second-order valence-corrected chi connectivity index (χ2v) is 6.05. The number of benzene rings is 2. The number of hydrogen-bond acceptors (Lipinski definition) is 0. The molecule has 2 aromatic carbocycles. The van der Waals surface area contributed by atoms with Gasteiger partial charge in [0.25, 0.3) is 0 Å². The van der Waals surface area contributed by atoms with Gasteiger partial charge in [-0.05, 0) is 59.1 Å². The summed E-state index contributed by atoms with van der Waals surface area (Å²) in [5.41, 5.74) is 7.67. The van der Waals surface area contributed by atoms with E-state index in [1.54, 1.807) is 0 Å². The molecule has 0 heterocycles. The van der Waals surface area contributed by atoms with E-state index in [4.69, 9.17) is 0 Å². The number of allylic oxidation sites excluding steroid dienone is 4. The Bertz CT molecular complexity index is 625. The maximum absolute atomic E-state index is 3.87. The van der Waals surface area contributed by atoms with Crippen LogP contribution in [0.1, 0.15) is 22.3 Å². The first-order valence-electron chi connectivity index (χ1n) is 8.39. The van der Waals surface area contributed by atoms with Crippen molar-refractivity contribution in [3.05, 3.63) is 109 Å². The topological polar surface area (TPSA) is 0 Å². The molecule has 0 bridgehead atoms. The summed E-state index contributed by atoms with van der Waals surface area (Å²) in [5, 5.41) is 0. The van der Waals surface area contributed by atoms with Crippen LogP contribution in [0.25, 0.3) is 11.1 Å². The Kier molecular flexibility index (Phi) is 6.57. The molecule has 0 spiro atoms. The van der Waals surface area contributed by atoms with Gasteiger partial charge in [0.1, 0.15) is 0 Å². The van der Waals surface area contributed by atoms with Crippen molar-refractivity contribution in [2.24, 2.45) is 0 Å². The molecular weight excluding hydrogens is 288 g/mol. The summed E-state index contributed by atoms with van der Waals surface area (Å²) in [7, 11) is 0.